The maximum absolute atomic E-state index is 6.23. The van der Waals surface area contributed by atoms with Gasteiger partial charge in [0.05, 0.1) is 16.6 Å². The van der Waals surface area contributed by atoms with Crippen LogP contribution in [0.1, 0.15) is 0 Å². The van der Waals surface area contributed by atoms with Crippen LogP contribution in [-0.2, 0) is 6.73 Å². The zero-order valence-electron chi connectivity index (χ0n) is 16.3. The summed E-state index contributed by atoms with van der Waals surface area (Å²) in [6, 6.07) is 29.0. The van der Waals surface area contributed by atoms with E-state index in [9.17, 15) is 0 Å². The highest BCUT2D eigenvalue weighted by molar-refractivity contribution is 6.22. The van der Waals surface area contributed by atoms with Crippen LogP contribution < -0.4 is 4.74 Å². The first-order valence-corrected chi connectivity index (χ1v) is 9.94. The second-order valence-corrected chi connectivity index (χ2v) is 7.40. The predicted octanol–water partition coefficient (Wildman–Crippen LogP) is 6.80. The number of para-hydroxylation sites is 4. The summed E-state index contributed by atoms with van der Waals surface area (Å²) in [5, 5.41) is 4.87. The third kappa shape index (κ3) is 2.37. The number of ether oxygens (including phenoxy) is 1. The number of nitrogens with one attached hydrogen (secondary N) is 1. The first-order valence-electron chi connectivity index (χ1n) is 9.94. The summed E-state index contributed by atoms with van der Waals surface area (Å²) in [6.45, 7) is 4.04. The van der Waals surface area contributed by atoms with E-state index in [2.05, 4.69) is 81.9 Å². The Kier molecular flexibility index (Phi) is 3.65. The van der Waals surface area contributed by atoms with Crippen LogP contribution in [0.2, 0.25) is 0 Å². The minimum atomic E-state index is 0.380. The van der Waals surface area contributed by atoms with E-state index >= 15 is 0 Å². The molecular weight excluding hydrogens is 370 g/mol. The normalized spacial score (nSPS) is 11.6. The van der Waals surface area contributed by atoms with Crippen LogP contribution in [0.15, 0.2) is 89.9 Å². The second-order valence-electron chi connectivity index (χ2n) is 7.40. The van der Waals surface area contributed by atoms with Crippen LogP contribution in [0.5, 0.6) is 5.75 Å². The molecule has 4 aromatic carbocycles. The number of hydrogen-bond donors (Lipinski definition) is 1. The molecule has 144 valence electrons. The monoisotopic (exact) mass is 389 g/mol. The number of H-pyrrole nitrogens is 1. The van der Waals surface area contributed by atoms with Crippen molar-refractivity contribution in [2.24, 2.45) is 4.99 Å². The van der Waals surface area contributed by atoms with E-state index in [-0.39, 0.29) is 0 Å². The zero-order valence-corrected chi connectivity index (χ0v) is 16.3. The lowest BCUT2D eigenvalue weighted by molar-refractivity contribution is 0.247. The van der Waals surface area contributed by atoms with Gasteiger partial charge < -0.3 is 14.3 Å². The van der Waals surface area contributed by atoms with E-state index in [0.717, 1.165) is 33.5 Å². The molecule has 0 bridgehead atoms. The largest absolute Gasteiger partial charge is 0.470 e. The van der Waals surface area contributed by atoms with Gasteiger partial charge in [-0.1, -0.05) is 60.7 Å². The molecule has 0 atom stereocenters. The lowest BCUT2D eigenvalue weighted by atomic mass is 10.1. The second kappa shape index (κ2) is 6.49. The van der Waals surface area contributed by atoms with Gasteiger partial charge >= 0.3 is 0 Å². The van der Waals surface area contributed by atoms with Gasteiger partial charge in [-0.05, 0) is 31.0 Å². The Hall–Kier alpha value is -4.05. The van der Waals surface area contributed by atoms with E-state index in [4.69, 9.17) is 4.74 Å². The quantitative estimate of drug-likeness (QED) is 0.331. The van der Waals surface area contributed by atoms with Crippen LogP contribution >= 0.6 is 0 Å². The molecule has 0 aliphatic heterocycles. The van der Waals surface area contributed by atoms with Crippen molar-refractivity contribution in [1.29, 1.82) is 0 Å². The molecule has 0 aliphatic carbocycles. The highest BCUT2D eigenvalue weighted by Gasteiger charge is 2.16. The number of benzene rings is 4. The maximum Gasteiger partial charge on any atom is 0.165 e. The summed E-state index contributed by atoms with van der Waals surface area (Å²) >= 11 is 0. The standard InChI is InChI=1S/C26H19N3O/c1-27-22-11-5-7-13-24(22)30-16-29-23-12-6-3-9-18(23)20-15-14-19-17-8-2-4-10-21(17)28-25(19)26(20)29/h2-15,28H,1,16H2. The molecular formula is C26H19N3O. The number of aromatic amines is 1. The van der Waals surface area contributed by atoms with Crippen LogP contribution in [0, 0.1) is 0 Å². The van der Waals surface area contributed by atoms with Gasteiger partial charge in [-0.25, -0.2) is 0 Å². The van der Waals surface area contributed by atoms with Crippen molar-refractivity contribution in [3.05, 3.63) is 84.9 Å². The molecule has 6 rings (SSSR count). The average Bonchev–Trinajstić information content (AvgIpc) is 3.33. The Bertz CT molecular complexity index is 1570. The van der Waals surface area contributed by atoms with E-state index in [1.54, 1.807) is 0 Å². The van der Waals surface area contributed by atoms with Crippen molar-refractivity contribution in [3.63, 3.8) is 0 Å². The van der Waals surface area contributed by atoms with Gasteiger partial charge in [0.2, 0.25) is 0 Å². The fourth-order valence-electron chi connectivity index (χ4n) is 4.44. The van der Waals surface area contributed by atoms with Crippen LogP contribution in [0.3, 0.4) is 0 Å². The highest BCUT2D eigenvalue weighted by Crippen LogP contribution is 2.37. The lowest BCUT2D eigenvalue weighted by Crippen LogP contribution is -2.05. The number of hydrogen-bond acceptors (Lipinski definition) is 2. The van der Waals surface area contributed by atoms with Crippen molar-refractivity contribution in [2.45, 2.75) is 6.73 Å². The summed E-state index contributed by atoms with van der Waals surface area (Å²) in [7, 11) is 0. The van der Waals surface area contributed by atoms with E-state index in [1.807, 2.05) is 24.3 Å². The van der Waals surface area contributed by atoms with Crippen LogP contribution in [0.25, 0.3) is 43.6 Å². The number of fused-ring (bicyclic) bond motifs is 7. The minimum Gasteiger partial charge on any atom is -0.470 e. The molecule has 4 nitrogen and oxygen atoms in total. The molecule has 0 saturated heterocycles. The SMILES string of the molecule is C=Nc1ccccc1OCn1c2ccccc2c2ccc3c4ccccc4[nH]c3c21. The average molecular weight is 389 g/mol. The van der Waals surface area contributed by atoms with Crippen molar-refractivity contribution < 1.29 is 4.74 Å². The van der Waals surface area contributed by atoms with Gasteiger partial charge in [0.1, 0.15) is 11.4 Å². The van der Waals surface area contributed by atoms with Gasteiger partial charge in [0.15, 0.2) is 6.73 Å². The summed E-state index contributed by atoms with van der Waals surface area (Å²) in [5.74, 6) is 0.724. The van der Waals surface area contributed by atoms with Gasteiger partial charge in [-0.15, -0.1) is 0 Å². The molecule has 1 N–H and O–H groups in total. The topological polar surface area (TPSA) is 42.3 Å². The summed E-state index contributed by atoms with van der Waals surface area (Å²) in [4.78, 5) is 7.72. The number of nitrogens with zero attached hydrogens (tertiary/aromatic N) is 2. The van der Waals surface area contributed by atoms with Crippen LogP contribution in [0.4, 0.5) is 5.69 Å². The Balaban J connectivity index is 1.63. The number of rotatable bonds is 4. The van der Waals surface area contributed by atoms with E-state index < -0.39 is 0 Å². The van der Waals surface area contributed by atoms with Crippen molar-refractivity contribution in [2.75, 3.05) is 0 Å². The molecule has 0 radical (unpaired) electrons. The Morgan fingerprint density at radius 3 is 2.40 bits per heavy atom. The van der Waals surface area contributed by atoms with Gasteiger partial charge in [0.25, 0.3) is 0 Å². The molecule has 0 amide bonds. The number of aromatic nitrogens is 2. The summed E-state index contributed by atoms with van der Waals surface area (Å²) < 4.78 is 8.47. The van der Waals surface area contributed by atoms with Crippen molar-refractivity contribution >= 4 is 56.0 Å². The minimum absolute atomic E-state index is 0.380. The summed E-state index contributed by atoms with van der Waals surface area (Å²) in [6.07, 6.45) is 0. The molecule has 2 aromatic heterocycles. The predicted molar refractivity (Wildman–Crippen MR) is 125 cm³/mol. The molecule has 30 heavy (non-hydrogen) atoms. The molecule has 4 heteroatoms. The van der Waals surface area contributed by atoms with E-state index in [1.165, 1.54) is 21.5 Å². The molecule has 6 aromatic rings. The molecule has 0 unspecified atom stereocenters. The Morgan fingerprint density at radius 1 is 0.767 bits per heavy atom. The fraction of sp³-hybridized carbons (Fsp3) is 0.0385. The Labute approximate surface area is 173 Å². The van der Waals surface area contributed by atoms with E-state index in [0.29, 0.717) is 6.73 Å². The smallest absolute Gasteiger partial charge is 0.165 e. The molecule has 0 aliphatic rings. The third-order valence-corrected chi connectivity index (χ3v) is 5.79. The van der Waals surface area contributed by atoms with Crippen LogP contribution in [-0.4, -0.2) is 16.3 Å². The molecule has 2 heterocycles. The lowest BCUT2D eigenvalue weighted by Gasteiger charge is -2.12. The number of aliphatic imine (C=N–C) groups is 1. The first-order chi connectivity index (χ1) is 14.8. The zero-order chi connectivity index (χ0) is 20.1. The maximum atomic E-state index is 6.23. The third-order valence-electron chi connectivity index (χ3n) is 5.79. The highest BCUT2D eigenvalue weighted by atomic mass is 16.5. The van der Waals surface area contributed by atoms with Gasteiger partial charge in [-0.2, -0.15) is 0 Å². The van der Waals surface area contributed by atoms with Gasteiger partial charge in [-0.3, -0.25) is 4.99 Å². The Morgan fingerprint density at radius 2 is 1.50 bits per heavy atom. The molecule has 0 spiro atoms. The fourth-order valence-corrected chi connectivity index (χ4v) is 4.44. The molecule has 0 fully saturated rings. The summed E-state index contributed by atoms with van der Waals surface area (Å²) in [5.41, 5.74) is 5.30. The first kappa shape index (κ1) is 16.9. The van der Waals surface area contributed by atoms with Crippen molar-refractivity contribution in [3.8, 4) is 5.75 Å². The van der Waals surface area contributed by atoms with Gasteiger partial charge in [0, 0.05) is 27.1 Å². The molecule has 0 saturated carbocycles. The van der Waals surface area contributed by atoms with Crippen molar-refractivity contribution in [1.82, 2.24) is 9.55 Å².